The van der Waals surface area contributed by atoms with Crippen molar-refractivity contribution < 1.29 is 27.9 Å². The number of esters is 1. The van der Waals surface area contributed by atoms with Gasteiger partial charge in [-0.05, 0) is 61.3 Å². The highest BCUT2D eigenvalue weighted by Gasteiger charge is 2.36. The van der Waals surface area contributed by atoms with Crippen molar-refractivity contribution in [1.82, 2.24) is 4.57 Å². The van der Waals surface area contributed by atoms with Crippen molar-refractivity contribution in [2.75, 3.05) is 11.9 Å². The Labute approximate surface area is 224 Å². The number of nitrogens with two attached hydrogens (primary N) is 2. The lowest BCUT2D eigenvalue weighted by molar-refractivity contribution is -0.148. The van der Waals surface area contributed by atoms with Crippen LogP contribution in [0, 0.1) is 17.0 Å². The average molecular weight is 539 g/mol. The Kier molecular flexibility index (Phi) is 6.92. The van der Waals surface area contributed by atoms with Crippen LogP contribution in [0.25, 0.3) is 22.0 Å². The van der Waals surface area contributed by atoms with Crippen LogP contribution in [0.15, 0.2) is 30.3 Å². The minimum atomic E-state index is -0.760. The quantitative estimate of drug-likeness (QED) is 0.396. The van der Waals surface area contributed by atoms with Crippen molar-refractivity contribution in [2.45, 2.75) is 64.5 Å². The molecule has 5 N–H and O–H groups in total. The zero-order chi connectivity index (χ0) is 28.1. The van der Waals surface area contributed by atoms with Crippen LogP contribution in [0.2, 0.25) is 0 Å². The van der Waals surface area contributed by atoms with Crippen LogP contribution in [-0.2, 0) is 16.0 Å². The molecule has 1 aromatic heterocycles. The highest BCUT2D eigenvalue weighted by atomic mass is 19.1. The maximum Gasteiger partial charge on any atom is 0.319 e. The maximum atomic E-state index is 15.3. The summed E-state index contributed by atoms with van der Waals surface area (Å²) in [7, 11) is 0. The SMILES string of the molecule is CC1(C)CC(=O)n2c(c(-c3ccc(C(N)=O)c(NC4CCC(OC(=O)CN)CC4)c3)c3c(F)cc(F)cc32)C1. The summed E-state index contributed by atoms with van der Waals surface area (Å²) in [6, 6.07) is 7.00. The van der Waals surface area contributed by atoms with Gasteiger partial charge in [0.2, 0.25) is 5.91 Å². The number of halogens is 2. The molecule has 2 aliphatic rings. The lowest BCUT2D eigenvalue weighted by Crippen LogP contribution is -2.33. The van der Waals surface area contributed by atoms with Gasteiger partial charge in [0.05, 0.1) is 17.6 Å². The van der Waals surface area contributed by atoms with Crippen LogP contribution in [0.4, 0.5) is 14.5 Å². The number of amides is 1. The van der Waals surface area contributed by atoms with Gasteiger partial charge in [0.1, 0.15) is 17.7 Å². The molecular formula is C29H32F2N4O4. The zero-order valence-corrected chi connectivity index (χ0v) is 22.0. The van der Waals surface area contributed by atoms with E-state index in [1.54, 1.807) is 18.2 Å². The van der Waals surface area contributed by atoms with E-state index in [-0.39, 0.29) is 52.9 Å². The van der Waals surface area contributed by atoms with Crippen LogP contribution >= 0.6 is 0 Å². The van der Waals surface area contributed by atoms with Gasteiger partial charge >= 0.3 is 5.97 Å². The largest absolute Gasteiger partial charge is 0.461 e. The Morgan fingerprint density at radius 3 is 2.49 bits per heavy atom. The zero-order valence-electron chi connectivity index (χ0n) is 22.0. The van der Waals surface area contributed by atoms with E-state index in [1.807, 2.05) is 13.8 Å². The first kappa shape index (κ1) is 26.8. The number of rotatable bonds is 6. The number of carbonyl (C=O) groups is 3. The Bertz CT molecular complexity index is 1490. The van der Waals surface area contributed by atoms with Crippen molar-refractivity contribution in [1.29, 1.82) is 0 Å². The number of benzene rings is 2. The van der Waals surface area contributed by atoms with Gasteiger partial charge in [-0.2, -0.15) is 0 Å². The third-order valence-corrected chi connectivity index (χ3v) is 7.68. The molecule has 0 bridgehead atoms. The van der Waals surface area contributed by atoms with E-state index in [0.29, 0.717) is 54.6 Å². The molecular weight excluding hydrogens is 506 g/mol. The number of hydrogen-bond acceptors (Lipinski definition) is 6. The molecule has 8 nitrogen and oxygen atoms in total. The molecule has 3 aromatic rings. The maximum absolute atomic E-state index is 15.3. The van der Waals surface area contributed by atoms with Crippen molar-refractivity contribution in [3.8, 4) is 11.1 Å². The van der Waals surface area contributed by atoms with Crippen LogP contribution < -0.4 is 16.8 Å². The van der Waals surface area contributed by atoms with E-state index in [9.17, 15) is 18.8 Å². The molecule has 1 amide bonds. The summed E-state index contributed by atoms with van der Waals surface area (Å²) >= 11 is 0. The molecule has 0 unspecified atom stereocenters. The number of fused-ring (bicyclic) bond motifs is 3. The molecule has 206 valence electrons. The molecule has 10 heteroatoms. The minimum absolute atomic E-state index is 0.0165. The van der Waals surface area contributed by atoms with Gasteiger partial charge in [-0.1, -0.05) is 19.9 Å². The Morgan fingerprint density at radius 2 is 1.82 bits per heavy atom. The third-order valence-electron chi connectivity index (χ3n) is 7.68. The van der Waals surface area contributed by atoms with Gasteiger partial charge in [-0.25, -0.2) is 8.78 Å². The van der Waals surface area contributed by atoms with Crippen LogP contribution in [0.1, 0.15) is 66.8 Å². The topological polar surface area (TPSA) is 129 Å². The minimum Gasteiger partial charge on any atom is -0.461 e. The highest BCUT2D eigenvalue weighted by Crippen LogP contribution is 2.44. The monoisotopic (exact) mass is 538 g/mol. The Hall–Kier alpha value is -3.79. The molecule has 2 aromatic carbocycles. The second-order valence-corrected chi connectivity index (χ2v) is 11.3. The first-order valence-electron chi connectivity index (χ1n) is 13.1. The number of anilines is 1. The third kappa shape index (κ3) is 5.13. The second kappa shape index (κ2) is 10.1. The fraction of sp³-hybridized carbons (Fsp3) is 0.414. The molecule has 1 saturated carbocycles. The van der Waals surface area contributed by atoms with Gasteiger partial charge in [-0.15, -0.1) is 0 Å². The summed E-state index contributed by atoms with van der Waals surface area (Å²) in [4.78, 5) is 37.0. The van der Waals surface area contributed by atoms with E-state index >= 15 is 4.39 Å². The summed E-state index contributed by atoms with van der Waals surface area (Å²) in [5, 5.41) is 3.57. The summed E-state index contributed by atoms with van der Waals surface area (Å²) in [5.74, 6) is -2.80. The number of primary amides is 1. The van der Waals surface area contributed by atoms with Crippen molar-refractivity contribution >= 4 is 34.4 Å². The lowest BCUT2D eigenvalue weighted by atomic mass is 9.80. The number of hydrogen-bond donors (Lipinski definition) is 3. The molecule has 1 fully saturated rings. The van der Waals surface area contributed by atoms with Crippen molar-refractivity contribution in [3.05, 3.63) is 53.2 Å². The van der Waals surface area contributed by atoms with E-state index in [1.165, 1.54) is 10.6 Å². The van der Waals surface area contributed by atoms with Gasteiger partial charge in [-0.3, -0.25) is 19.0 Å². The highest BCUT2D eigenvalue weighted by molar-refractivity contribution is 6.06. The standard InChI is InChI=1S/C29H32F2N4O4/c1-29(2)12-23-26(27-20(31)10-16(30)11-22(27)35(23)24(36)13-29)15-3-8-19(28(33)38)21(9-15)34-17-4-6-18(7-5-17)39-25(37)14-32/h3,8-11,17-18,34H,4-7,12-14,32H2,1-2H3,(H2,33,38). The first-order chi connectivity index (χ1) is 18.5. The number of carbonyl (C=O) groups excluding carboxylic acids is 3. The number of nitrogens with one attached hydrogen (secondary N) is 1. The molecule has 1 aliphatic heterocycles. The van der Waals surface area contributed by atoms with Crippen LogP contribution in [0.5, 0.6) is 0 Å². The lowest BCUT2D eigenvalue weighted by Gasteiger charge is -2.31. The van der Waals surface area contributed by atoms with Crippen molar-refractivity contribution in [2.24, 2.45) is 16.9 Å². The predicted octanol–water partition coefficient (Wildman–Crippen LogP) is 4.52. The fourth-order valence-electron chi connectivity index (χ4n) is 5.97. The van der Waals surface area contributed by atoms with E-state index in [4.69, 9.17) is 16.2 Å². The van der Waals surface area contributed by atoms with Gasteiger partial charge in [0, 0.05) is 40.9 Å². The van der Waals surface area contributed by atoms with Gasteiger partial charge < -0.3 is 21.5 Å². The van der Waals surface area contributed by atoms with Crippen LogP contribution in [-0.4, -0.2) is 41.0 Å². The van der Waals surface area contributed by atoms with E-state index in [2.05, 4.69) is 5.32 Å². The molecule has 0 saturated heterocycles. The average Bonchev–Trinajstić information content (AvgIpc) is 3.18. The van der Waals surface area contributed by atoms with Crippen molar-refractivity contribution in [3.63, 3.8) is 0 Å². The number of nitrogens with zero attached hydrogens (tertiary/aromatic N) is 1. The molecule has 0 spiro atoms. The fourth-order valence-corrected chi connectivity index (χ4v) is 5.97. The number of aromatic nitrogens is 1. The van der Waals surface area contributed by atoms with E-state index < -0.39 is 23.5 Å². The van der Waals surface area contributed by atoms with Gasteiger partial charge in [0.15, 0.2) is 0 Å². The summed E-state index contributed by atoms with van der Waals surface area (Å²) in [6.45, 7) is 3.77. The molecule has 39 heavy (non-hydrogen) atoms. The Morgan fingerprint density at radius 1 is 1.10 bits per heavy atom. The summed E-state index contributed by atoms with van der Waals surface area (Å²) in [6.07, 6.45) is 3.18. The van der Waals surface area contributed by atoms with E-state index in [0.717, 1.165) is 6.07 Å². The molecule has 5 rings (SSSR count). The molecule has 2 heterocycles. The van der Waals surface area contributed by atoms with Crippen LogP contribution in [0.3, 0.4) is 0 Å². The molecule has 0 atom stereocenters. The molecule has 0 radical (unpaired) electrons. The summed E-state index contributed by atoms with van der Waals surface area (Å²) in [5.41, 5.74) is 13.3. The Balaban J connectivity index is 1.56. The normalized spacial score (nSPS) is 20.5. The number of ether oxygens (including phenoxy) is 1. The van der Waals surface area contributed by atoms with Gasteiger partial charge in [0.25, 0.3) is 5.91 Å². The predicted molar refractivity (Wildman–Crippen MR) is 143 cm³/mol. The smallest absolute Gasteiger partial charge is 0.319 e. The summed E-state index contributed by atoms with van der Waals surface area (Å²) < 4.78 is 36.4. The molecule has 1 aliphatic carbocycles. The first-order valence-corrected chi connectivity index (χ1v) is 13.1. The second-order valence-electron chi connectivity index (χ2n) is 11.3.